The number of carbonyl (C=O) groups excluding carboxylic acids is 2. The number of amides is 3. The Labute approximate surface area is 118 Å². The van der Waals surface area contributed by atoms with Crippen LogP contribution in [0.15, 0.2) is 0 Å². The Morgan fingerprint density at radius 3 is 2.35 bits per heavy atom. The summed E-state index contributed by atoms with van der Waals surface area (Å²) in [7, 11) is -1.00. The van der Waals surface area contributed by atoms with Gasteiger partial charge in [-0.2, -0.15) is 9.69 Å². The van der Waals surface area contributed by atoms with E-state index in [1.54, 1.807) is 0 Å². The lowest BCUT2D eigenvalue weighted by molar-refractivity contribution is -0.399. The van der Waals surface area contributed by atoms with Gasteiger partial charge in [-0.3, -0.25) is 0 Å². The third kappa shape index (κ3) is 2.49. The zero-order valence-electron chi connectivity index (χ0n) is 11.9. The highest BCUT2D eigenvalue weighted by Crippen LogP contribution is 2.22. The van der Waals surface area contributed by atoms with Gasteiger partial charge in [0.1, 0.15) is 6.21 Å². The molecule has 1 atom stereocenters. The predicted octanol–water partition coefficient (Wildman–Crippen LogP) is -0.278. The van der Waals surface area contributed by atoms with Crippen molar-refractivity contribution in [1.29, 1.82) is 0 Å². The lowest BCUT2D eigenvalue weighted by atomic mass is 10.0. The fraction of sp³-hybridized carbons (Fsp3) is 0.750. The molecular formula is C12H20N3O4S+. The van der Waals surface area contributed by atoms with Crippen LogP contribution in [-0.4, -0.2) is 72.8 Å². The fourth-order valence-corrected chi connectivity index (χ4v) is 4.25. The molecule has 0 spiro atoms. The smallest absolute Gasteiger partial charge is 0.245 e. The quantitative estimate of drug-likeness (QED) is 0.657. The highest BCUT2D eigenvalue weighted by atomic mass is 32.2. The molecule has 2 rings (SSSR count). The molecular weight excluding hydrogens is 282 g/mol. The molecule has 112 valence electrons. The van der Waals surface area contributed by atoms with Crippen LogP contribution in [0.25, 0.3) is 0 Å². The van der Waals surface area contributed by atoms with Gasteiger partial charge in [-0.25, -0.2) is 22.1 Å². The van der Waals surface area contributed by atoms with E-state index in [-0.39, 0.29) is 0 Å². The molecule has 1 unspecified atom stereocenters. The van der Waals surface area contributed by atoms with Gasteiger partial charge >= 0.3 is 11.9 Å². The van der Waals surface area contributed by atoms with Gasteiger partial charge in [0.05, 0.1) is 14.1 Å². The third-order valence-electron chi connectivity index (χ3n) is 3.95. The van der Waals surface area contributed by atoms with Gasteiger partial charge in [0.2, 0.25) is 15.3 Å². The standard InChI is InChI=1S/C12H20N3O4S/c1-9-4-6-15(7-5-9)20(18,19)10-8-13(2)12(17)14(3)11(10)16/h8-10H,4-7H2,1-3H3/q+1. The minimum Gasteiger partial charge on any atom is -0.245 e. The van der Waals surface area contributed by atoms with Crippen molar-refractivity contribution >= 4 is 28.2 Å². The first-order valence-electron chi connectivity index (χ1n) is 6.63. The van der Waals surface area contributed by atoms with Crippen molar-refractivity contribution in [3.8, 4) is 0 Å². The molecule has 0 aromatic carbocycles. The Hall–Kier alpha value is -1.28. The Morgan fingerprint density at radius 1 is 1.25 bits per heavy atom. The van der Waals surface area contributed by atoms with E-state index in [0.717, 1.165) is 22.3 Å². The normalized spacial score (nSPS) is 26.9. The van der Waals surface area contributed by atoms with E-state index < -0.39 is 27.2 Å². The maximum Gasteiger partial charge on any atom is 0.500 e. The van der Waals surface area contributed by atoms with Gasteiger partial charge in [0.15, 0.2) is 0 Å². The molecule has 1 saturated heterocycles. The van der Waals surface area contributed by atoms with Gasteiger partial charge in [-0.05, 0) is 18.8 Å². The van der Waals surface area contributed by atoms with Crippen molar-refractivity contribution in [2.45, 2.75) is 25.0 Å². The van der Waals surface area contributed by atoms with Crippen LogP contribution in [0.1, 0.15) is 19.8 Å². The lowest BCUT2D eigenvalue weighted by Crippen LogP contribution is -2.57. The molecule has 1 fully saturated rings. The molecule has 0 aromatic heterocycles. The molecule has 0 saturated carbocycles. The van der Waals surface area contributed by atoms with Crippen LogP contribution in [0.2, 0.25) is 0 Å². The lowest BCUT2D eigenvalue weighted by Gasteiger charge is -2.31. The summed E-state index contributed by atoms with van der Waals surface area (Å²) < 4.78 is 27.6. The Morgan fingerprint density at radius 2 is 1.80 bits per heavy atom. The average molecular weight is 302 g/mol. The second kappa shape index (κ2) is 5.25. The maximum absolute atomic E-state index is 12.6. The number of hydrogen-bond acceptors (Lipinski definition) is 4. The molecule has 0 N–H and O–H groups in total. The SMILES string of the molecule is CC1CCN(S(=O)(=O)C2C=[N+](C)C(=O)N(C)C2=O)CC1. The van der Waals surface area contributed by atoms with Gasteiger partial charge in [-0.1, -0.05) is 6.92 Å². The largest absolute Gasteiger partial charge is 0.500 e. The number of hydrogen-bond donors (Lipinski definition) is 0. The van der Waals surface area contributed by atoms with Crippen LogP contribution in [0, 0.1) is 5.92 Å². The van der Waals surface area contributed by atoms with Crippen molar-refractivity contribution in [3.63, 3.8) is 0 Å². The molecule has 0 aromatic rings. The second-order valence-electron chi connectivity index (χ2n) is 5.49. The van der Waals surface area contributed by atoms with Crippen LogP contribution < -0.4 is 0 Å². The first kappa shape index (κ1) is 15.1. The summed E-state index contributed by atoms with van der Waals surface area (Å²) in [6.07, 6.45) is 2.79. The molecule has 2 heterocycles. The predicted molar refractivity (Wildman–Crippen MR) is 73.1 cm³/mol. The summed E-state index contributed by atoms with van der Waals surface area (Å²) >= 11 is 0. The molecule has 2 aliphatic heterocycles. The number of piperidine rings is 1. The Kier molecular flexibility index (Phi) is 3.97. The molecule has 20 heavy (non-hydrogen) atoms. The fourth-order valence-electron chi connectivity index (χ4n) is 2.46. The van der Waals surface area contributed by atoms with E-state index in [0.29, 0.717) is 19.0 Å². The molecule has 2 aliphatic rings. The highest BCUT2D eigenvalue weighted by molar-refractivity contribution is 7.91. The van der Waals surface area contributed by atoms with Gasteiger partial charge in [0.25, 0.3) is 0 Å². The van der Waals surface area contributed by atoms with Crippen LogP contribution in [0.4, 0.5) is 4.79 Å². The summed E-state index contributed by atoms with van der Waals surface area (Å²) in [4.78, 5) is 24.6. The number of nitrogens with zero attached hydrogens (tertiary/aromatic N) is 3. The van der Waals surface area contributed by atoms with Crippen LogP contribution in [0.3, 0.4) is 0 Å². The van der Waals surface area contributed by atoms with Crippen LogP contribution >= 0.6 is 0 Å². The number of sulfonamides is 1. The zero-order chi connectivity index (χ0) is 15.1. The first-order chi connectivity index (χ1) is 9.25. The first-order valence-corrected chi connectivity index (χ1v) is 8.13. The zero-order valence-corrected chi connectivity index (χ0v) is 12.8. The van der Waals surface area contributed by atoms with Crippen molar-refractivity contribution in [2.75, 3.05) is 27.2 Å². The van der Waals surface area contributed by atoms with Crippen LogP contribution in [-0.2, 0) is 14.8 Å². The Balaban J connectivity index is 2.30. The van der Waals surface area contributed by atoms with Crippen molar-refractivity contribution < 1.29 is 22.6 Å². The summed E-state index contributed by atoms with van der Waals surface area (Å²) in [5.74, 6) is -0.189. The molecule has 7 nitrogen and oxygen atoms in total. The third-order valence-corrected chi connectivity index (χ3v) is 6.00. The molecule has 8 heteroatoms. The molecule has 3 amide bonds. The molecule has 0 aliphatic carbocycles. The van der Waals surface area contributed by atoms with E-state index in [4.69, 9.17) is 0 Å². The highest BCUT2D eigenvalue weighted by Gasteiger charge is 2.48. The number of urea groups is 1. The van der Waals surface area contributed by atoms with Gasteiger partial charge in [0, 0.05) is 13.1 Å². The molecule has 0 bridgehead atoms. The number of carbonyl (C=O) groups is 2. The van der Waals surface area contributed by atoms with Crippen molar-refractivity contribution in [1.82, 2.24) is 9.21 Å². The number of rotatable bonds is 2. The van der Waals surface area contributed by atoms with Gasteiger partial charge in [-0.15, -0.1) is 0 Å². The second-order valence-corrected chi connectivity index (χ2v) is 7.54. The summed E-state index contributed by atoms with van der Waals surface area (Å²) in [5, 5.41) is -1.30. The van der Waals surface area contributed by atoms with E-state index in [2.05, 4.69) is 6.92 Å². The Bertz CT molecular complexity index is 561. The van der Waals surface area contributed by atoms with Crippen molar-refractivity contribution in [3.05, 3.63) is 0 Å². The monoisotopic (exact) mass is 302 g/mol. The molecule has 0 radical (unpaired) electrons. The van der Waals surface area contributed by atoms with E-state index in [9.17, 15) is 18.0 Å². The van der Waals surface area contributed by atoms with Gasteiger partial charge < -0.3 is 0 Å². The minimum atomic E-state index is -3.75. The summed E-state index contributed by atoms with van der Waals surface area (Å²) in [6, 6.07) is -0.520. The average Bonchev–Trinajstić information content (AvgIpc) is 2.41. The maximum atomic E-state index is 12.6. The topological polar surface area (TPSA) is 77.8 Å². The van der Waals surface area contributed by atoms with Crippen LogP contribution in [0.5, 0.6) is 0 Å². The summed E-state index contributed by atoms with van der Waals surface area (Å²) in [5.41, 5.74) is 0. The number of imide groups is 1. The van der Waals surface area contributed by atoms with E-state index in [1.165, 1.54) is 24.6 Å². The van der Waals surface area contributed by atoms with E-state index >= 15 is 0 Å². The summed E-state index contributed by atoms with van der Waals surface area (Å²) in [6.45, 7) is 2.95. The minimum absolute atomic E-state index is 0.433. The van der Waals surface area contributed by atoms with Crippen molar-refractivity contribution in [2.24, 2.45) is 5.92 Å². The van der Waals surface area contributed by atoms with E-state index in [1.807, 2.05) is 0 Å².